The molecule has 0 unspecified atom stereocenters. The minimum absolute atomic E-state index is 0.0168. The average Bonchev–Trinajstić information content (AvgIpc) is 3.32. The lowest BCUT2D eigenvalue weighted by molar-refractivity contribution is 0.0787. The van der Waals surface area contributed by atoms with Crippen molar-refractivity contribution in [3.8, 4) is 5.75 Å². The number of azo groups is 1. The van der Waals surface area contributed by atoms with Gasteiger partial charge in [-0.1, -0.05) is 6.08 Å². The van der Waals surface area contributed by atoms with Gasteiger partial charge < -0.3 is 19.5 Å². The lowest BCUT2D eigenvalue weighted by Gasteiger charge is -2.29. The number of hydrogen-bond acceptors (Lipinski definition) is 5. The fourth-order valence-corrected chi connectivity index (χ4v) is 3.21. The number of allylic oxidation sites excluding steroid dienone is 2. The van der Waals surface area contributed by atoms with Crippen LogP contribution in [0.15, 0.2) is 40.2 Å². The maximum atomic E-state index is 12.6. The van der Waals surface area contributed by atoms with Crippen molar-refractivity contribution in [2.24, 2.45) is 10.2 Å². The molecule has 138 valence electrons. The summed E-state index contributed by atoms with van der Waals surface area (Å²) in [4.78, 5) is 19.8. The number of rotatable bonds is 4. The second kappa shape index (κ2) is 7.99. The highest BCUT2D eigenvalue weighted by Gasteiger charge is 2.27. The summed E-state index contributed by atoms with van der Waals surface area (Å²) < 4.78 is 5.74. The van der Waals surface area contributed by atoms with Gasteiger partial charge in [0.15, 0.2) is 17.4 Å². The van der Waals surface area contributed by atoms with Gasteiger partial charge in [0.2, 0.25) is 0 Å². The third-order valence-electron chi connectivity index (χ3n) is 4.46. The van der Waals surface area contributed by atoms with Crippen LogP contribution in [-0.2, 0) is 0 Å². The lowest BCUT2D eigenvalue weighted by Crippen LogP contribution is -2.31. The van der Waals surface area contributed by atoms with E-state index in [1.807, 2.05) is 28.9 Å². The zero-order valence-corrected chi connectivity index (χ0v) is 15.2. The molecule has 2 aliphatic heterocycles. The maximum Gasteiger partial charge on any atom is 0.270 e. The summed E-state index contributed by atoms with van der Waals surface area (Å²) in [5, 5.41) is 15.0. The number of H-pyrrole nitrogens is 1. The Labute approximate surface area is 152 Å². The minimum atomic E-state index is 0.0168. The molecule has 3 rings (SSSR count). The Kier molecular flexibility index (Phi) is 5.50. The molecule has 1 amide bonds. The predicted octanol–water partition coefficient (Wildman–Crippen LogP) is 2.97. The summed E-state index contributed by atoms with van der Waals surface area (Å²) in [6.07, 6.45) is 7.48. The van der Waals surface area contributed by atoms with Crippen molar-refractivity contribution in [2.75, 3.05) is 38.2 Å². The van der Waals surface area contributed by atoms with Crippen LogP contribution in [0.5, 0.6) is 5.75 Å². The van der Waals surface area contributed by atoms with Gasteiger partial charge in [0.05, 0.1) is 6.54 Å². The van der Waals surface area contributed by atoms with Crippen LogP contribution < -0.4 is 9.64 Å². The van der Waals surface area contributed by atoms with Crippen molar-refractivity contribution in [3.63, 3.8) is 0 Å². The lowest BCUT2D eigenvalue weighted by atomic mass is 10.2. The number of aromatic nitrogens is 1. The molecule has 2 N–H and O–H groups in total. The molecule has 0 radical (unpaired) electrons. The van der Waals surface area contributed by atoms with Crippen molar-refractivity contribution in [1.82, 2.24) is 9.88 Å². The van der Waals surface area contributed by atoms with Gasteiger partial charge in [-0.3, -0.25) is 10.2 Å². The highest BCUT2D eigenvalue weighted by molar-refractivity contribution is 5.94. The van der Waals surface area contributed by atoms with Crippen LogP contribution >= 0.6 is 0 Å². The smallest absolute Gasteiger partial charge is 0.270 e. The fraction of sp³-hybridized carbons (Fsp3) is 0.444. The molecule has 2 aliphatic rings. The topological polar surface area (TPSA) is 97.1 Å². The molecule has 26 heavy (non-hydrogen) atoms. The summed E-state index contributed by atoms with van der Waals surface area (Å²) >= 11 is 0. The molecule has 1 aromatic rings. The highest BCUT2D eigenvalue weighted by atomic mass is 16.5. The normalized spacial score (nSPS) is 17.8. The van der Waals surface area contributed by atoms with Gasteiger partial charge >= 0.3 is 0 Å². The molecule has 0 atom stereocenters. The number of anilines is 1. The molecule has 1 fully saturated rings. The van der Waals surface area contributed by atoms with E-state index in [-0.39, 0.29) is 11.7 Å². The number of amidine groups is 1. The molecular weight excluding hydrogens is 332 g/mol. The number of carbonyl (C=O) groups is 1. The van der Waals surface area contributed by atoms with Gasteiger partial charge in [-0.15, -0.1) is 5.11 Å². The summed E-state index contributed by atoms with van der Waals surface area (Å²) in [5.41, 5.74) is 1.45. The Morgan fingerprint density at radius 2 is 2.08 bits per heavy atom. The first-order valence-corrected chi connectivity index (χ1v) is 8.79. The second-order valence-electron chi connectivity index (χ2n) is 6.13. The molecule has 0 aromatic carbocycles. The van der Waals surface area contributed by atoms with Crippen LogP contribution in [0.25, 0.3) is 0 Å². The minimum Gasteiger partial charge on any atom is -0.488 e. The SMILES string of the molecule is C/C=C(\C=C/C(=N)/N=N/C)N1CCOc2cc(C(=O)N3CCCC3)[nH]c21. The van der Waals surface area contributed by atoms with E-state index in [4.69, 9.17) is 10.1 Å². The van der Waals surface area contributed by atoms with Crippen molar-refractivity contribution in [3.05, 3.63) is 35.7 Å². The van der Waals surface area contributed by atoms with Crippen molar-refractivity contribution in [2.45, 2.75) is 19.8 Å². The quantitative estimate of drug-likeness (QED) is 0.376. The number of likely N-dealkylation sites (tertiary alicyclic amines) is 1. The van der Waals surface area contributed by atoms with Crippen LogP contribution in [0, 0.1) is 5.41 Å². The second-order valence-corrected chi connectivity index (χ2v) is 6.13. The first kappa shape index (κ1) is 17.9. The van der Waals surface area contributed by atoms with Crippen molar-refractivity contribution in [1.29, 1.82) is 5.41 Å². The molecule has 0 bridgehead atoms. The van der Waals surface area contributed by atoms with Gasteiger partial charge in [-0.2, -0.15) is 5.11 Å². The molecule has 8 heteroatoms. The largest absolute Gasteiger partial charge is 0.488 e. The highest BCUT2D eigenvalue weighted by Crippen LogP contribution is 2.35. The first-order chi connectivity index (χ1) is 12.6. The van der Waals surface area contributed by atoms with Gasteiger partial charge in [0.25, 0.3) is 5.91 Å². The van der Waals surface area contributed by atoms with Crippen LogP contribution in [-0.4, -0.2) is 54.9 Å². The standard InChI is InChI=1S/C18H24N6O2/c1-3-13(6-7-16(19)22-20-2)24-10-11-26-15-12-14(21-17(15)24)18(25)23-8-4-5-9-23/h3,6-7,12,19,21H,4-5,8-11H2,1-2H3/b7-6-,13-3+,19-16?,22-20+. The molecule has 0 spiro atoms. The molecule has 1 saturated heterocycles. The number of hydrogen-bond donors (Lipinski definition) is 2. The monoisotopic (exact) mass is 356 g/mol. The molecule has 3 heterocycles. The van der Waals surface area contributed by atoms with E-state index in [9.17, 15) is 4.79 Å². The Morgan fingerprint density at radius 3 is 2.77 bits per heavy atom. The van der Waals surface area contributed by atoms with Gasteiger partial charge in [-0.05, 0) is 31.9 Å². The number of nitrogens with zero attached hydrogens (tertiary/aromatic N) is 4. The Morgan fingerprint density at radius 1 is 1.31 bits per heavy atom. The zero-order chi connectivity index (χ0) is 18.5. The first-order valence-electron chi connectivity index (χ1n) is 8.79. The number of aromatic amines is 1. The summed E-state index contributed by atoms with van der Waals surface area (Å²) in [7, 11) is 1.53. The van der Waals surface area contributed by atoms with Crippen LogP contribution in [0.4, 0.5) is 5.82 Å². The van der Waals surface area contributed by atoms with E-state index in [0.717, 1.165) is 37.4 Å². The summed E-state index contributed by atoms with van der Waals surface area (Å²) in [6, 6.07) is 1.78. The molecule has 8 nitrogen and oxygen atoms in total. The van der Waals surface area contributed by atoms with Crippen LogP contribution in [0.1, 0.15) is 30.3 Å². The van der Waals surface area contributed by atoms with Gasteiger partial charge in [-0.25, -0.2) is 0 Å². The Bertz CT molecular complexity index is 771. The van der Waals surface area contributed by atoms with E-state index in [1.54, 1.807) is 12.1 Å². The predicted molar refractivity (Wildman–Crippen MR) is 100 cm³/mol. The van der Waals surface area contributed by atoms with Crippen molar-refractivity contribution >= 4 is 17.6 Å². The Hall–Kier alpha value is -2.90. The zero-order valence-electron chi connectivity index (χ0n) is 15.2. The number of carbonyl (C=O) groups excluding carboxylic acids is 1. The van der Waals surface area contributed by atoms with Gasteiger partial charge in [0, 0.05) is 31.9 Å². The molecular formula is C18H24N6O2. The molecule has 0 aliphatic carbocycles. The number of fused-ring (bicyclic) bond motifs is 1. The van der Waals surface area contributed by atoms with E-state index in [2.05, 4.69) is 15.2 Å². The molecule has 1 aromatic heterocycles. The average molecular weight is 356 g/mol. The van der Waals surface area contributed by atoms with Gasteiger partial charge in [0.1, 0.15) is 12.3 Å². The van der Waals surface area contributed by atoms with E-state index >= 15 is 0 Å². The summed E-state index contributed by atoms with van der Waals surface area (Å²) in [5.74, 6) is 1.54. The van der Waals surface area contributed by atoms with Crippen molar-refractivity contribution < 1.29 is 9.53 Å². The number of ether oxygens (including phenoxy) is 1. The maximum absolute atomic E-state index is 12.6. The third kappa shape index (κ3) is 3.68. The third-order valence-corrected chi connectivity index (χ3v) is 4.46. The number of nitrogens with one attached hydrogen (secondary N) is 2. The van der Waals surface area contributed by atoms with E-state index in [1.165, 1.54) is 7.05 Å². The number of amides is 1. The molecule has 0 saturated carbocycles. The van der Waals surface area contributed by atoms with Crippen LogP contribution in [0.2, 0.25) is 0 Å². The van der Waals surface area contributed by atoms with Crippen LogP contribution in [0.3, 0.4) is 0 Å². The Balaban J connectivity index is 1.83. The fourth-order valence-electron chi connectivity index (χ4n) is 3.21. The summed E-state index contributed by atoms with van der Waals surface area (Å²) in [6.45, 7) is 4.73. The van der Waals surface area contributed by atoms with E-state index < -0.39 is 0 Å². The van der Waals surface area contributed by atoms with E-state index in [0.29, 0.717) is 24.6 Å².